The van der Waals surface area contributed by atoms with Crippen LogP contribution in [0, 0.1) is 0 Å². The molecule has 0 saturated heterocycles. The molecule has 0 saturated carbocycles. The van der Waals surface area contributed by atoms with Gasteiger partial charge in [0.25, 0.3) is 0 Å². The number of carbonyl (C=O) groups excluding carboxylic acids is 1. The van der Waals surface area contributed by atoms with Crippen molar-refractivity contribution in [2.24, 2.45) is 11.5 Å². The van der Waals surface area contributed by atoms with Gasteiger partial charge in [-0.15, -0.1) is 0 Å². The van der Waals surface area contributed by atoms with Gasteiger partial charge in [0, 0.05) is 6.54 Å². The Morgan fingerprint density at radius 2 is 2.29 bits per heavy atom. The summed E-state index contributed by atoms with van der Waals surface area (Å²) in [6.07, 6.45) is 0. The lowest BCUT2D eigenvalue weighted by Gasteiger charge is -1.96. The van der Waals surface area contributed by atoms with Crippen LogP contribution in [0.4, 0.5) is 0 Å². The number of halogens is 1. The summed E-state index contributed by atoms with van der Waals surface area (Å²) in [5.74, 6) is 0. The fourth-order valence-corrected chi connectivity index (χ4v) is 0.182. The molecule has 0 spiro atoms. The van der Waals surface area contributed by atoms with Crippen LogP contribution < -0.4 is 11.5 Å². The highest BCUT2D eigenvalue weighted by molar-refractivity contribution is 6.64. The summed E-state index contributed by atoms with van der Waals surface area (Å²) in [5, 5.41) is -0.581. The number of hydrogen-bond acceptors (Lipinski definition) is 3. The minimum Gasteiger partial charge on any atom is -0.328 e. The van der Waals surface area contributed by atoms with Crippen molar-refractivity contribution in [3.05, 3.63) is 0 Å². The number of nitrogens with two attached hydrogens (primary N) is 2. The lowest BCUT2D eigenvalue weighted by atomic mass is 10.4. The van der Waals surface area contributed by atoms with Gasteiger partial charge in [-0.1, -0.05) is 0 Å². The molecule has 4 N–H and O–H groups in total. The number of hydrogen-bond donors (Lipinski definition) is 2. The van der Waals surface area contributed by atoms with E-state index in [2.05, 4.69) is 0 Å². The summed E-state index contributed by atoms with van der Waals surface area (Å²) in [6.45, 7) is 0.113. The lowest BCUT2D eigenvalue weighted by molar-refractivity contribution is -0.112. The largest absolute Gasteiger partial charge is 0.328 e. The van der Waals surface area contributed by atoms with Crippen LogP contribution in [-0.2, 0) is 4.79 Å². The fraction of sp³-hybridized carbons (Fsp3) is 0.667. The molecular formula is C3H7ClN2O. The standard InChI is InChI=1S/C3H7ClN2O/c4-3(7)2(6)1-5/h2H,1,5-6H2/t2-/m0/s1. The van der Waals surface area contributed by atoms with Crippen LogP contribution in [0.5, 0.6) is 0 Å². The van der Waals surface area contributed by atoms with Crippen LogP contribution in [0.25, 0.3) is 0 Å². The predicted molar refractivity (Wildman–Crippen MR) is 27.9 cm³/mol. The van der Waals surface area contributed by atoms with Gasteiger partial charge >= 0.3 is 0 Å². The first-order valence-corrected chi connectivity index (χ1v) is 2.21. The van der Waals surface area contributed by atoms with E-state index in [-0.39, 0.29) is 6.54 Å². The molecule has 4 heteroatoms. The van der Waals surface area contributed by atoms with Gasteiger partial charge in [-0.3, -0.25) is 4.79 Å². The van der Waals surface area contributed by atoms with Gasteiger partial charge < -0.3 is 11.5 Å². The Hall–Kier alpha value is -0.120. The second-order valence-corrected chi connectivity index (χ2v) is 1.52. The zero-order valence-corrected chi connectivity index (χ0v) is 4.48. The van der Waals surface area contributed by atoms with Gasteiger partial charge in [-0.25, -0.2) is 0 Å². The van der Waals surface area contributed by atoms with Gasteiger partial charge in [-0.05, 0) is 11.6 Å². The predicted octanol–water partition coefficient (Wildman–Crippen LogP) is -0.962. The molecule has 1 atom stereocenters. The molecule has 0 aromatic carbocycles. The Kier molecular flexibility index (Phi) is 2.91. The third kappa shape index (κ3) is 2.56. The molecule has 0 aromatic heterocycles. The minimum absolute atomic E-state index is 0.113. The quantitative estimate of drug-likeness (QED) is 0.464. The van der Waals surface area contributed by atoms with E-state index in [9.17, 15) is 4.79 Å². The normalized spacial score (nSPS) is 13.6. The Morgan fingerprint density at radius 3 is 2.29 bits per heavy atom. The zero-order chi connectivity index (χ0) is 5.86. The third-order valence-corrected chi connectivity index (χ3v) is 0.826. The Morgan fingerprint density at radius 1 is 1.86 bits per heavy atom. The molecule has 0 aromatic rings. The number of rotatable bonds is 2. The zero-order valence-electron chi connectivity index (χ0n) is 3.73. The highest BCUT2D eigenvalue weighted by atomic mass is 35.5. The van der Waals surface area contributed by atoms with Crippen LogP contribution in [0.15, 0.2) is 0 Å². The van der Waals surface area contributed by atoms with E-state index >= 15 is 0 Å². The maximum absolute atomic E-state index is 9.94. The van der Waals surface area contributed by atoms with E-state index in [4.69, 9.17) is 23.1 Å². The molecule has 0 aliphatic heterocycles. The van der Waals surface area contributed by atoms with Crippen molar-refractivity contribution >= 4 is 16.8 Å². The second-order valence-electron chi connectivity index (χ2n) is 1.15. The Bertz CT molecular complexity index is 75.3. The molecule has 3 nitrogen and oxygen atoms in total. The van der Waals surface area contributed by atoms with Gasteiger partial charge in [0.05, 0.1) is 6.04 Å². The lowest BCUT2D eigenvalue weighted by Crippen LogP contribution is -2.34. The maximum Gasteiger partial charge on any atom is 0.239 e. The van der Waals surface area contributed by atoms with Crippen molar-refractivity contribution < 1.29 is 4.79 Å². The molecule has 0 rings (SSSR count). The van der Waals surface area contributed by atoms with Crippen LogP contribution in [0.2, 0.25) is 0 Å². The summed E-state index contributed by atoms with van der Waals surface area (Å²) in [5.41, 5.74) is 9.95. The molecule has 7 heavy (non-hydrogen) atoms. The highest BCUT2D eigenvalue weighted by Gasteiger charge is 2.04. The first kappa shape index (κ1) is 6.88. The van der Waals surface area contributed by atoms with Crippen molar-refractivity contribution in [1.82, 2.24) is 0 Å². The maximum atomic E-state index is 9.94. The summed E-state index contributed by atoms with van der Waals surface area (Å²) in [4.78, 5) is 9.94. The number of carbonyl (C=O) groups is 1. The monoisotopic (exact) mass is 122 g/mol. The molecule has 0 aliphatic rings. The molecule has 0 bridgehead atoms. The molecule has 0 aliphatic carbocycles. The van der Waals surface area contributed by atoms with E-state index in [1.165, 1.54) is 0 Å². The van der Waals surface area contributed by atoms with Gasteiger partial charge in [0.1, 0.15) is 0 Å². The van der Waals surface area contributed by atoms with E-state index in [1.807, 2.05) is 0 Å². The van der Waals surface area contributed by atoms with Gasteiger partial charge in [-0.2, -0.15) is 0 Å². The molecule has 0 radical (unpaired) electrons. The van der Waals surface area contributed by atoms with Crippen LogP contribution in [0.1, 0.15) is 0 Å². The first-order valence-electron chi connectivity index (χ1n) is 1.83. The fourth-order valence-electron chi connectivity index (χ4n) is 0.0927. The third-order valence-electron chi connectivity index (χ3n) is 0.545. The Labute approximate surface area is 46.6 Å². The summed E-state index contributed by atoms with van der Waals surface area (Å²) in [7, 11) is 0. The van der Waals surface area contributed by atoms with Crippen molar-refractivity contribution in [1.29, 1.82) is 0 Å². The van der Waals surface area contributed by atoms with E-state index in [0.717, 1.165) is 0 Å². The van der Waals surface area contributed by atoms with Crippen LogP contribution in [0.3, 0.4) is 0 Å². The van der Waals surface area contributed by atoms with Crippen molar-refractivity contribution in [2.75, 3.05) is 6.54 Å². The topological polar surface area (TPSA) is 69.1 Å². The Balaban J connectivity index is 3.34. The van der Waals surface area contributed by atoms with Crippen molar-refractivity contribution in [3.8, 4) is 0 Å². The van der Waals surface area contributed by atoms with Crippen molar-refractivity contribution in [3.63, 3.8) is 0 Å². The molecule has 0 heterocycles. The smallest absolute Gasteiger partial charge is 0.239 e. The first-order chi connectivity index (χ1) is 3.18. The van der Waals surface area contributed by atoms with Gasteiger partial charge in [0.2, 0.25) is 5.24 Å². The van der Waals surface area contributed by atoms with E-state index < -0.39 is 11.3 Å². The SMILES string of the molecule is NC[C@H](N)C(=O)Cl. The van der Waals surface area contributed by atoms with Crippen LogP contribution >= 0.6 is 11.6 Å². The molecule has 0 amide bonds. The average molecular weight is 123 g/mol. The van der Waals surface area contributed by atoms with Gasteiger partial charge in [0.15, 0.2) is 0 Å². The summed E-state index contributed by atoms with van der Waals surface area (Å²) < 4.78 is 0. The molecule has 0 fully saturated rings. The molecule has 42 valence electrons. The average Bonchev–Trinajstić information content (AvgIpc) is 1.65. The minimum atomic E-state index is -0.693. The molecular weight excluding hydrogens is 115 g/mol. The van der Waals surface area contributed by atoms with Crippen LogP contribution in [-0.4, -0.2) is 17.8 Å². The molecule has 0 unspecified atom stereocenters. The van der Waals surface area contributed by atoms with E-state index in [0.29, 0.717) is 0 Å². The van der Waals surface area contributed by atoms with E-state index in [1.54, 1.807) is 0 Å². The second kappa shape index (κ2) is 2.96. The highest BCUT2D eigenvalue weighted by Crippen LogP contribution is 1.81. The summed E-state index contributed by atoms with van der Waals surface area (Å²) in [6, 6.07) is -0.693. The summed E-state index contributed by atoms with van der Waals surface area (Å²) >= 11 is 4.88. The van der Waals surface area contributed by atoms with Crippen molar-refractivity contribution in [2.45, 2.75) is 6.04 Å².